The fourth-order valence-electron chi connectivity index (χ4n) is 2.62. The first-order valence-electron chi connectivity index (χ1n) is 9.05. The van der Waals surface area contributed by atoms with Gasteiger partial charge in [-0.15, -0.1) is 0 Å². The molecular weight excluding hydrogens is 456 g/mol. The Labute approximate surface area is 188 Å². The van der Waals surface area contributed by atoms with Crippen LogP contribution in [0.1, 0.15) is 31.1 Å². The Morgan fingerprint density at radius 2 is 1.31 bits per heavy atom. The Morgan fingerprint density at radius 3 is 1.94 bits per heavy atom. The average molecular weight is 473 g/mol. The summed E-state index contributed by atoms with van der Waals surface area (Å²) in [5.41, 5.74) is 9.98. The first kappa shape index (κ1) is 22.8. The van der Waals surface area contributed by atoms with Crippen molar-refractivity contribution in [1.82, 2.24) is 10.9 Å². The van der Waals surface area contributed by atoms with Crippen LogP contribution in [0.4, 0.5) is 5.69 Å². The van der Waals surface area contributed by atoms with Gasteiger partial charge in [-0.25, -0.2) is 8.42 Å². The van der Waals surface area contributed by atoms with Crippen LogP contribution in [0.3, 0.4) is 0 Å². The van der Waals surface area contributed by atoms with Crippen molar-refractivity contribution in [1.29, 1.82) is 0 Å². The number of carbonyl (C=O) groups excluding carboxylic acids is 3. The lowest BCUT2D eigenvalue weighted by atomic mass is 10.1. The Morgan fingerprint density at radius 1 is 0.750 bits per heavy atom. The average Bonchev–Trinajstić information content (AvgIpc) is 2.78. The monoisotopic (exact) mass is 472 g/mol. The molecule has 0 spiro atoms. The van der Waals surface area contributed by atoms with E-state index >= 15 is 0 Å². The van der Waals surface area contributed by atoms with E-state index in [-0.39, 0.29) is 32.3 Å². The molecule has 0 atom stereocenters. The summed E-state index contributed by atoms with van der Waals surface area (Å²) in [6.07, 6.45) is 0. The Balaban J connectivity index is 1.71. The zero-order valence-electron chi connectivity index (χ0n) is 16.3. The van der Waals surface area contributed by atoms with Crippen LogP contribution in [0.25, 0.3) is 0 Å². The van der Waals surface area contributed by atoms with Gasteiger partial charge in [0.25, 0.3) is 21.8 Å². The summed E-state index contributed by atoms with van der Waals surface area (Å²) < 4.78 is 27.7. The van der Waals surface area contributed by atoms with Crippen LogP contribution in [0.2, 0.25) is 5.02 Å². The Bertz CT molecular complexity index is 1310. The minimum Gasteiger partial charge on any atom is -0.366 e. The highest BCUT2D eigenvalue weighted by Crippen LogP contribution is 2.24. The van der Waals surface area contributed by atoms with E-state index in [0.717, 1.165) is 6.07 Å². The van der Waals surface area contributed by atoms with Gasteiger partial charge in [0.15, 0.2) is 0 Å². The van der Waals surface area contributed by atoms with E-state index in [2.05, 4.69) is 15.6 Å². The second-order valence-electron chi connectivity index (χ2n) is 6.47. The molecule has 0 aromatic heterocycles. The quantitative estimate of drug-likeness (QED) is 0.406. The molecule has 0 saturated heterocycles. The molecular formula is C21H17ClN4O5S. The standard InChI is InChI=1S/C21H17ClN4O5S/c22-17-9-1-2-10-18(17)26-32(30,31)16-8-4-7-15(12-16)21(29)25-24-20(28)14-6-3-5-13(11-14)19(23)27/h1-12,26H,(H2,23,27)(H,24,28)(H,25,29). The molecule has 0 radical (unpaired) electrons. The SMILES string of the molecule is NC(=O)c1cccc(C(=O)NNC(=O)c2cccc(S(=O)(=O)Nc3ccccc3Cl)c2)c1. The van der Waals surface area contributed by atoms with Gasteiger partial charge in [0.2, 0.25) is 5.91 Å². The van der Waals surface area contributed by atoms with Crippen LogP contribution >= 0.6 is 11.6 Å². The van der Waals surface area contributed by atoms with Gasteiger partial charge in [0, 0.05) is 16.7 Å². The largest absolute Gasteiger partial charge is 0.366 e. The third kappa shape index (κ3) is 5.42. The van der Waals surface area contributed by atoms with Crippen molar-refractivity contribution < 1.29 is 22.8 Å². The van der Waals surface area contributed by atoms with E-state index in [1.54, 1.807) is 12.1 Å². The number of nitrogens with one attached hydrogen (secondary N) is 3. The van der Waals surface area contributed by atoms with Crippen molar-refractivity contribution in [2.45, 2.75) is 4.90 Å². The molecule has 5 N–H and O–H groups in total. The molecule has 32 heavy (non-hydrogen) atoms. The van der Waals surface area contributed by atoms with Crippen molar-refractivity contribution in [3.63, 3.8) is 0 Å². The first-order valence-corrected chi connectivity index (χ1v) is 10.9. The van der Waals surface area contributed by atoms with Crippen LogP contribution in [-0.2, 0) is 10.0 Å². The van der Waals surface area contributed by atoms with Crippen molar-refractivity contribution in [2.75, 3.05) is 4.72 Å². The van der Waals surface area contributed by atoms with E-state index in [1.807, 2.05) is 0 Å². The summed E-state index contributed by atoms with van der Waals surface area (Å²) in [6, 6.07) is 17.1. The zero-order chi connectivity index (χ0) is 23.3. The number of sulfonamides is 1. The lowest BCUT2D eigenvalue weighted by Gasteiger charge is -2.11. The molecule has 0 aliphatic carbocycles. The van der Waals surface area contributed by atoms with Crippen LogP contribution in [0, 0.1) is 0 Å². The highest BCUT2D eigenvalue weighted by molar-refractivity contribution is 7.92. The van der Waals surface area contributed by atoms with Gasteiger partial charge < -0.3 is 5.73 Å². The molecule has 0 unspecified atom stereocenters. The number of hydrogen-bond acceptors (Lipinski definition) is 5. The van der Waals surface area contributed by atoms with Crippen molar-refractivity contribution >= 4 is 45.0 Å². The third-order valence-electron chi connectivity index (χ3n) is 4.22. The van der Waals surface area contributed by atoms with E-state index in [4.69, 9.17) is 17.3 Å². The molecule has 164 valence electrons. The van der Waals surface area contributed by atoms with Gasteiger partial charge in [0.05, 0.1) is 15.6 Å². The Hall–Kier alpha value is -3.89. The van der Waals surface area contributed by atoms with E-state index in [0.29, 0.717) is 0 Å². The highest BCUT2D eigenvalue weighted by Gasteiger charge is 2.18. The van der Waals surface area contributed by atoms with E-state index in [9.17, 15) is 22.8 Å². The van der Waals surface area contributed by atoms with Crippen LogP contribution in [-0.4, -0.2) is 26.1 Å². The Kier molecular flexibility index (Phi) is 6.76. The number of para-hydroxylation sites is 1. The molecule has 3 aromatic carbocycles. The number of nitrogens with two attached hydrogens (primary N) is 1. The number of amides is 3. The summed E-state index contributed by atoms with van der Waals surface area (Å²) in [7, 11) is -4.02. The second-order valence-corrected chi connectivity index (χ2v) is 8.56. The first-order chi connectivity index (χ1) is 15.2. The molecule has 9 nitrogen and oxygen atoms in total. The maximum absolute atomic E-state index is 12.7. The zero-order valence-corrected chi connectivity index (χ0v) is 17.9. The maximum atomic E-state index is 12.7. The van der Waals surface area contributed by atoms with E-state index < -0.39 is 27.7 Å². The van der Waals surface area contributed by atoms with Gasteiger partial charge in [-0.05, 0) is 48.5 Å². The van der Waals surface area contributed by atoms with Crippen LogP contribution < -0.4 is 21.3 Å². The summed E-state index contributed by atoms with van der Waals surface area (Å²) in [6.45, 7) is 0. The molecule has 11 heteroatoms. The molecule has 3 amide bonds. The molecule has 0 saturated carbocycles. The lowest BCUT2D eigenvalue weighted by Crippen LogP contribution is -2.41. The van der Waals surface area contributed by atoms with Crippen molar-refractivity contribution in [2.24, 2.45) is 5.73 Å². The fourth-order valence-corrected chi connectivity index (χ4v) is 3.99. The van der Waals surface area contributed by atoms with Gasteiger partial charge in [0.1, 0.15) is 0 Å². The summed E-state index contributed by atoms with van der Waals surface area (Å²) in [4.78, 5) is 35.7. The number of anilines is 1. The number of benzene rings is 3. The number of hydrazine groups is 1. The molecule has 0 aliphatic heterocycles. The third-order valence-corrected chi connectivity index (χ3v) is 5.92. The van der Waals surface area contributed by atoms with Gasteiger partial charge in [-0.2, -0.15) is 0 Å². The second kappa shape index (κ2) is 9.50. The summed E-state index contributed by atoms with van der Waals surface area (Å²) >= 11 is 5.99. The normalized spacial score (nSPS) is 10.8. The number of hydrogen-bond donors (Lipinski definition) is 4. The predicted molar refractivity (Wildman–Crippen MR) is 119 cm³/mol. The lowest BCUT2D eigenvalue weighted by molar-refractivity contribution is 0.0846. The number of rotatable bonds is 6. The van der Waals surface area contributed by atoms with Crippen molar-refractivity contribution in [3.8, 4) is 0 Å². The smallest absolute Gasteiger partial charge is 0.269 e. The van der Waals surface area contributed by atoms with Gasteiger partial charge in [-0.3, -0.25) is 30.0 Å². The van der Waals surface area contributed by atoms with E-state index in [1.165, 1.54) is 54.6 Å². The molecule has 3 rings (SSSR count). The molecule has 0 bridgehead atoms. The number of primary amides is 1. The number of halogens is 1. The van der Waals surface area contributed by atoms with Gasteiger partial charge in [-0.1, -0.05) is 35.9 Å². The summed E-state index contributed by atoms with van der Waals surface area (Å²) in [5.74, 6) is -2.14. The fraction of sp³-hybridized carbons (Fsp3) is 0. The van der Waals surface area contributed by atoms with Crippen molar-refractivity contribution in [3.05, 3.63) is 94.5 Å². The molecule has 0 aliphatic rings. The molecule has 0 heterocycles. The minimum atomic E-state index is -4.02. The van der Waals surface area contributed by atoms with Crippen LogP contribution in [0.5, 0.6) is 0 Å². The highest BCUT2D eigenvalue weighted by atomic mass is 35.5. The maximum Gasteiger partial charge on any atom is 0.269 e. The van der Waals surface area contributed by atoms with Crippen LogP contribution in [0.15, 0.2) is 77.7 Å². The topological polar surface area (TPSA) is 147 Å². The minimum absolute atomic E-state index is 0.0155. The van der Waals surface area contributed by atoms with Gasteiger partial charge >= 0.3 is 0 Å². The molecule has 3 aromatic rings. The summed E-state index contributed by atoms with van der Waals surface area (Å²) in [5, 5.41) is 0.216. The molecule has 0 fully saturated rings. The number of carbonyl (C=O) groups is 3. The predicted octanol–water partition coefficient (Wildman–Crippen LogP) is 2.31.